The number of amidine groups is 1. The Morgan fingerprint density at radius 2 is 1.79 bits per heavy atom. The molecule has 0 aliphatic carbocycles. The van der Waals surface area contributed by atoms with Crippen LogP contribution in [0, 0.1) is 5.41 Å². The van der Waals surface area contributed by atoms with Crippen molar-refractivity contribution >= 4 is 21.5 Å². The molecular formula is C20H27N3O4S. The van der Waals surface area contributed by atoms with E-state index >= 15 is 0 Å². The molecule has 1 aromatic rings. The minimum absolute atomic E-state index is 0.0290. The van der Waals surface area contributed by atoms with Gasteiger partial charge in [0, 0.05) is 37.2 Å². The number of hydrogen-bond donors (Lipinski definition) is 0. The molecule has 0 amide bonds. The lowest BCUT2D eigenvalue weighted by Crippen LogP contribution is -2.52. The number of anilines is 1. The predicted octanol–water partition coefficient (Wildman–Crippen LogP) is 2.32. The molecule has 1 spiro atoms. The molecule has 1 aromatic carbocycles. The number of aliphatic imine (C=N–C) groups is 1. The first-order chi connectivity index (χ1) is 13.3. The SMILES string of the molecule is CC1(C)CN=C2N(C1)c1ccc(S(=O)(=O)N3CCCC3)cc1C21OCCCO1. The average Bonchev–Trinajstić information content (AvgIpc) is 3.29. The molecule has 0 saturated carbocycles. The van der Waals surface area contributed by atoms with Crippen molar-refractivity contribution < 1.29 is 17.9 Å². The van der Waals surface area contributed by atoms with Gasteiger partial charge in [-0.1, -0.05) is 13.8 Å². The second kappa shape index (κ2) is 6.26. The molecule has 152 valence electrons. The lowest BCUT2D eigenvalue weighted by molar-refractivity contribution is -0.228. The molecule has 0 atom stereocenters. The summed E-state index contributed by atoms with van der Waals surface area (Å²) in [7, 11) is -3.51. The van der Waals surface area contributed by atoms with Crippen LogP contribution >= 0.6 is 0 Å². The van der Waals surface area contributed by atoms with Gasteiger partial charge in [0.15, 0.2) is 5.84 Å². The first-order valence-electron chi connectivity index (χ1n) is 10.1. The molecule has 0 aromatic heterocycles. The third-order valence-corrected chi connectivity index (χ3v) is 7.90. The molecule has 0 radical (unpaired) electrons. The van der Waals surface area contributed by atoms with Crippen molar-refractivity contribution in [2.75, 3.05) is 44.3 Å². The van der Waals surface area contributed by atoms with Crippen molar-refractivity contribution in [2.24, 2.45) is 10.4 Å². The second-order valence-electron chi connectivity index (χ2n) is 8.85. The third kappa shape index (κ3) is 2.65. The van der Waals surface area contributed by atoms with Crippen LogP contribution in [0.3, 0.4) is 0 Å². The summed E-state index contributed by atoms with van der Waals surface area (Å²) < 4.78 is 40.2. The van der Waals surface area contributed by atoms with Crippen LogP contribution in [-0.2, 0) is 25.3 Å². The normalized spacial score (nSPS) is 26.2. The zero-order valence-electron chi connectivity index (χ0n) is 16.5. The number of fused-ring (bicyclic) bond motifs is 5. The molecule has 0 bridgehead atoms. The minimum Gasteiger partial charge on any atom is -0.340 e. The first kappa shape index (κ1) is 18.5. The highest BCUT2D eigenvalue weighted by Crippen LogP contribution is 2.49. The number of nitrogens with zero attached hydrogens (tertiary/aromatic N) is 3. The fourth-order valence-electron chi connectivity index (χ4n) is 4.60. The molecule has 7 nitrogen and oxygen atoms in total. The number of benzene rings is 1. The predicted molar refractivity (Wildman–Crippen MR) is 106 cm³/mol. The minimum atomic E-state index is -3.51. The van der Waals surface area contributed by atoms with E-state index < -0.39 is 15.8 Å². The Labute approximate surface area is 166 Å². The molecule has 28 heavy (non-hydrogen) atoms. The summed E-state index contributed by atoms with van der Waals surface area (Å²) >= 11 is 0. The van der Waals surface area contributed by atoms with E-state index in [1.165, 1.54) is 0 Å². The van der Waals surface area contributed by atoms with E-state index in [9.17, 15) is 8.42 Å². The molecular weight excluding hydrogens is 378 g/mol. The average molecular weight is 406 g/mol. The van der Waals surface area contributed by atoms with Crippen LogP contribution in [0.2, 0.25) is 0 Å². The van der Waals surface area contributed by atoms with Crippen LogP contribution in [0.15, 0.2) is 28.1 Å². The van der Waals surface area contributed by atoms with Gasteiger partial charge in [0.05, 0.1) is 23.8 Å². The summed E-state index contributed by atoms with van der Waals surface area (Å²) in [6, 6.07) is 5.36. The van der Waals surface area contributed by atoms with Gasteiger partial charge in [0.2, 0.25) is 10.0 Å². The van der Waals surface area contributed by atoms with E-state index in [-0.39, 0.29) is 5.41 Å². The van der Waals surface area contributed by atoms with Crippen LogP contribution < -0.4 is 4.90 Å². The summed E-state index contributed by atoms with van der Waals surface area (Å²) in [5, 5.41) is 0. The van der Waals surface area contributed by atoms with Crippen molar-refractivity contribution in [1.82, 2.24) is 4.31 Å². The van der Waals surface area contributed by atoms with Crippen molar-refractivity contribution in [3.05, 3.63) is 23.8 Å². The van der Waals surface area contributed by atoms with Crippen molar-refractivity contribution in [2.45, 2.75) is 43.8 Å². The zero-order chi connectivity index (χ0) is 19.6. The molecule has 4 heterocycles. The highest BCUT2D eigenvalue weighted by atomic mass is 32.2. The van der Waals surface area contributed by atoms with Gasteiger partial charge in [-0.15, -0.1) is 0 Å². The van der Waals surface area contributed by atoms with E-state index in [4.69, 9.17) is 14.5 Å². The Kier molecular flexibility index (Phi) is 4.14. The Morgan fingerprint density at radius 3 is 2.50 bits per heavy atom. The van der Waals surface area contributed by atoms with Crippen LogP contribution in [0.1, 0.15) is 38.7 Å². The standard InChI is InChI=1S/C20H27N3O4S/c1-19(2)13-21-18-20(26-10-5-11-27-20)16-12-15(6-7-17(16)23(18)14-19)28(24,25)22-8-3-4-9-22/h6-7,12H,3-5,8-11,13-14H2,1-2H3. The Morgan fingerprint density at radius 1 is 1.07 bits per heavy atom. The Balaban J connectivity index is 1.64. The fourth-order valence-corrected chi connectivity index (χ4v) is 6.14. The number of hydrogen-bond acceptors (Lipinski definition) is 6. The van der Waals surface area contributed by atoms with Gasteiger partial charge in [-0.2, -0.15) is 4.31 Å². The summed E-state index contributed by atoms with van der Waals surface area (Å²) in [6.07, 6.45) is 2.65. The molecule has 8 heteroatoms. The fraction of sp³-hybridized carbons (Fsp3) is 0.650. The highest BCUT2D eigenvalue weighted by Gasteiger charge is 2.55. The van der Waals surface area contributed by atoms with Crippen molar-refractivity contribution in [3.63, 3.8) is 0 Å². The number of rotatable bonds is 2. The maximum absolute atomic E-state index is 13.1. The van der Waals surface area contributed by atoms with E-state index in [1.807, 2.05) is 6.07 Å². The highest BCUT2D eigenvalue weighted by molar-refractivity contribution is 7.89. The maximum atomic E-state index is 13.1. The van der Waals surface area contributed by atoms with Crippen LogP contribution in [0.4, 0.5) is 5.69 Å². The molecule has 2 fully saturated rings. The van der Waals surface area contributed by atoms with Gasteiger partial charge in [-0.05, 0) is 37.5 Å². The smallest absolute Gasteiger partial charge is 0.257 e. The van der Waals surface area contributed by atoms with Crippen molar-refractivity contribution in [1.29, 1.82) is 0 Å². The van der Waals surface area contributed by atoms with Gasteiger partial charge in [-0.25, -0.2) is 8.42 Å². The first-order valence-corrected chi connectivity index (χ1v) is 11.5. The summed E-state index contributed by atoms with van der Waals surface area (Å²) in [5.74, 6) is -0.321. The topological polar surface area (TPSA) is 71.4 Å². The molecule has 4 aliphatic heterocycles. The molecule has 0 unspecified atom stereocenters. The van der Waals surface area contributed by atoms with Gasteiger partial charge in [0.25, 0.3) is 5.79 Å². The van der Waals surface area contributed by atoms with Crippen LogP contribution in [0.5, 0.6) is 0 Å². The van der Waals surface area contributed by atoms with E-state index in [1.54, 1.807) is 16.4 Å². The maximum Gasteiger partial charge on any atom is 0.257 e. The van der Waals surface area contributed by atoms with Crippen LogP contribution in [0.25, 0.3) is 0 Å². The van der Waals surface area contributed by atoms with E-state index in [0.717, 1.165) is 42.9 Å². The monoisotopic (exact) mass is 405 g/mol. The van der Waals surface area contributed by atoms with Gasteiger partial charge >= 0.3 is 0 Å². The Bertz CT molecular complexity index is 929. The largest absolute Gasteiger partial charge is 0.340 e. The summed E-state index contributed by atoms with van der Waals surface area (Å²) in [4.78, 5) is 7.30. The quantitative estimate of drug-likeness (QED) is 0.755. The van der Waals surface area contributed by atoms with Gasteiger partial charge in [-0.3, -0.25) is 4.99 Å². The molecule has 5 rings (SSSR count). The summed E-state index contributed by atoms with van der Waals surface area (Å²) in [6.45, 7) is 8.18. The molecule has 4 aliphatic rings. The van der Waals surface area contributed by atoms with E-state index in [0.29, 0.717) is 37.7 Å². The lowest BCUT2D eigenvalue weighted by atomic mass is 9.91. The van der Waals surface area contributed by atoms with Gasteiger partial charge in [0.1, 0.15) is 0 Å². The Hall–Kier alpha value is -1.48. The molecule has 2 saturated heterocycles. The number of ether oxygens (including phenoxy) is 2. The van der Waals surface area contributed by atoms with Crippen LogP contribution in [-0.4, -0.2) is 58.0 Å². The molecule has 0 N–H and O–H groups in total. The van der Waals surface area contributed by atoms with Crippen molar-refractivity contribution in [3.8, 4) is 0 Å². The van der Waals surface area contributed by atoms with Gasteiger partial charge < -0.3 is 14.4 Å². The lowest BCUT2D eigenvalue weighted by Gasteiger charge is -2.40. The third-order valence-electron chi connectivity index (χ3n) is 6.01. The van der Waals surface area contributed by atoms with E-state index in [2.05, 4.69) is 18.7 Å². The number of sulfonamides is 1. The second-order valence-corrected chi connectivity index (χ2v) is 10.8. The summed E-state index contributed by atoms with van der Waals surface area (Å²) in [5.41, 5.74) is 1.74. The zero-order valence-corrected chi connectivity index (χ0v) is 17.3.